The quantitative estimate of drug-likeness (QED) is 0.0228. The van der Waals surface area contributed by atoms with Crippen molar-refractivity contribution in [1.82, 2.24) is 0 Å². The zero-order valence-corrected chi connectivity index (χ0v) is 45.7. The number of aliphatic hydroxyl groups is 2. The molecule has 12 heteroatoms. The van der Waals surface area contributed by atoms with Crippen LogP contribution in [0.1, 0.15) is 175 Å². The molecule has 0 amide bonds. The fourth-order valence-corrected chi connectivity index (χ4v) is 7.25. The molecule has 1 fully saturated rings. The second-order valence-electron chi connectivity index (χ2n) is 18.1. The Balaban J connectivity index is 2.81. The fourth-order valence-electron chi connectivity index (χ4n) is 7.25. The lowest BCUT2D eigenvalue weighted by molar-refractivity contribution is -0.301. The smallest absolute Gasteiger partial charge is 0.335 e. The number of carboxylic acids is 1. The first-order valence-corrected chi connectivity index (χ1v) is 27.8. The van der Waals surface area contributed by atoms with Gasteiger partial charge in [0.15, 0.2) is 24.6 Å². The number of esters is 3. The summed E-state index contributed by atoms with van der Waals surface area (Å²) in [4.78, 5) is 51.0. The molecule has 1 heterocycles. The van der Waals surface area contributed by atoms with Crippen LogP contribution in [0, 0.1) is 0 Å². The van der Waals surface area contributed by atoms with Gasteiger partial charge in [-0.1, -0.05) is 186 Å². The van der Waals surface area contributed by atoms with Crippen LogP contribution in [-0.2, 0) is 42.9 Å². The third kappa shape index (κ3) is 39.7. The standard InChI is InChI=1S/C63H94O12/c1-4-7-10-13-16-19-22-25-27-28-30-32-34-37-40-43-46-49-55(64)71-52-54(73-56(65)50-47-44-41-38-36-33-29-26-23-20-17-14-11-8-5-2)53-72-63-61(59(68)58(67)60(75-63)62(69)70)74-57(66)51-48-45-42-39-35-31-24-21-18-15-12-9-6-3/h7-12,16-21,25-27,29-32,35,37,40,42,45,54,58-61,63,67-68H,4-6,13-15,22-24,28,33-34,36,38-39,41,43-44,46-53H2,1-3H3,(H,69,70)/b10-7-,11-8-,12-9-,19-16-,20-17-,21-18-,27-25-,29-26-,32-30-,35-31-,40-37-,45-42-. The Labute approximate surface area is 451 Å². The Hall–Kier alpha value is -5.40. The average molecular weight is 1040 g/mol. The van der Waals surface area contributed by atoms with Gasteiger partial charge >= 0.3 is 23.9 Å². The van der Waals surface area contributed by atoms with Gasteiger partial charge in [-0.2, -0.15) is 0 Å². The Bertz CT molecular complexity index is 1860. The number of allylic oxidation sites excluding steroid dienone is 24. The molecule has 0 aromatic rings. The molecule has 0 bridgehead atoms. The third-order valence-electron chi connectivity index (χ3n) is 11.4. The van der Waals surface area contributed by atoms with Crippen molar-refractivity contribution >= 4 is 23.9 Å². The van der Waals surface area contributed by atoms with Crippen molar-refractivity contribution in [2.75, 3.05) is 13.2 Å². The number of ether oxygens (including phenoxy) is 5. The molecule has 1 saturated heterocycles. The summed E-state index contributed by atoms with van der Waals surface area (Å²) in [5, 5.41) is 31.4. The molecular weight excluding hydrogens is 949 g/mol. The highest BCUT2D eigenvalue weighted by molar-refractivity contribution is 5.74. The van der Waals surface area contributed by atoms with Crippen molar-refractivity contribution in [2.24, 2.45) is 0 Å². The first kappa shape index (κ1) is 67.6. The summed E-state index contributed by atoms with van der Waals surface area (Å²) in [5.74, 6) is -3.36. The van der Waals surface area contributed by atoms with Gasteiger partial charge in [0.2, 0.25) is 0 Å². The Morgan fingerprint density at radius 2 is 0.840 bits per heavy atom. The summed E-state index contributed by atoms with van der Waals surface area (Å²) in [7, 11) is 0. The van der Waals surface area contributed by atoms with Crippen molar-refractivity contribution in [3.8, 4) is 0 Å². The van der Waals surface area contributed by atoms with E-state index in [9.17, 15) is 34.5 Å². The van der Waals surface area contributed by atoms with E-state index in [0.717, 1.165) is 103 Å². The molecular formula is C63H94O12. The van der Waals surface area contributed by atoms with Gasteiger partial charge in [0, 0.05) is 19.3 Å². The minimum Gasteiger partial charge on any atom is -0.479 e. The second kappa shape index (κ2) is 49.5. The highest BCUT2D eigenvalue weighted by atomic mass is 16.7. The Morgan fingerprint density at radius 3 is 1.31 bits per heavy atom. The van der Waals surface area contributed by atoms with Gasteiger partial charge in [-0.25, -0.2) is 4.79 Å². The number of carbonyl (C=O) groups is 4. The van der Waals surface area contributed by atoms with Crippen LogP contribution >= 0.6 is 0 Å². The monoisotopic (exact) mass is 1040 g/mol. The second-order valence-corrected chi connectivity index (χ2v) is 18.1. The molecule has 6 unspecified atom stereocenters. The van der Waals surface area contributed by atoms with Gasteiger partial charge in [0.05, 0.1) is 6.61 Å². The van der Waals surface area contributed by atoms with Crippen LogP contribution in [-0.4, -0.2) is 89.2 Å². The van der Waals surface area contributed by atoms with Gasteiger partial charge in [-0.3, -0.25) is 14.4 Å². The lowest BCUT2D eigenvalue weighted by atomic mass is 9.98. The van der Waals surface area contributed by atoms with Crippen LogP contribution in [0.4, 0.5) is 0 Å². The van der Waals surface area contributed by atoms with Crippen LogP contribution in [0.25, 0.3) is 0 Å². The molecule has 0 saturated carbocycles. The molecule has 0 aromatic heterocycles. The van der Waals surface area contributed by atoms with Crippen LogP contribution < -0.4 is 0 Å². The molecule has 1 aliphatic heterocycles. The van der Waals surface area contributed by atoms with Gasteiger partial charge in [0.25, 0.3) is 0 Å². The number of rotatable bonds is 44. The molecule has 3 N–H and O–H groups in total. The zero-order valence-electron chi connectivity index (χ0n) is 45.7. The molecule has 12 nitrogen and oxygen atoms in total. The van der Waals surface area contributed by atoms with Crippen molar-refractivity contribution in [3.05, 3.63) is 146 Å². The van der Waals surface area contributed by atoms with Crippen LogP contribution in [0.5, 0.6) is 0 Å². The first-order chi connectivity index (χ1) is 36.6. The van der Waals surface area contributed by atoms with E-state index in [1.54, 1.807) is 0 Å². The van der Waals surface area contributed by atoms with Gasteiger partial charge < -0.3 is 39.0 Å². The Kier molecular flexibility index (Phi) is 44.6. The maximum atomic E-state index is 13.1. The van der Waals surface area contributed by atoms with E-state index in [1.807, 2.05) is 30.4 Å². The first-order valence-electron chi connectivity index (χ1n) is 27.8. The lowest BCUT2D eigenvalue weighted by Gasteiger charge is -2.40. The summed E-state index contributed by atoms with van der Waals surface area (Å²) in [5.41, 5.74) is 0. The summed E-state index contributed by atoms with van der Waals surface area (Å²) in [6, 6.07) is 0. The van der Waals surface area contributed by atoms with E-state index in [0.29, 0.717) is 32.1 Å². The molecule has 0 aliphatic carbocycles. The zero-order chi connectivity index (χ0) is 54.7. The minimum absolute atomic E-state index is 0.0770. The topological polar surface area (TPSA) is 175 Å². The maximum absolute atomic E-state index is 13.1. The van der Waals surface area contributed by atoms with E-state index in [4.69, 9.17) is 23.7 Å². The predicted octanol–water partition coefficient (Wildman–Crippen LogP) is 14.0. The largest absolute Gasteiger partial charge is 0.479 e. The van der Waals surface area contributed by atoms with Gasteiger partial charge in [-0.15, -0.1) is 0 Å². The summed E-state index contributed by atoms with van der Waals surface area (Å²) < 4.78 is 28.2. The number of carbonyl (C=O) groups excluding carboxylic acids is 3. The third-order valence-corrected chi connectivity index (χ3v) is 11.4. The van der Waals surface area contributed by atoms with Gasteiger partial charge in [-0.05, 0) is 116 Å². The molecule has 75 heavy (non-hydrogen) atoms. The number of hydrogen-bond acceptors (Lipinski definition) is 11. The van der Waals surface area contributed by atoms with E-state index >= 15 is 0 Å². The average Bonchev–Trinajstić information content (AvgIpc) is 3.39. The molecule has 0 spiro atoms. The highest BCUT2D eigenvalue weighted by Gasteiger charge is 2.50. The summed E-state index contributed by atoms with van der Waals surface area (Å²) in [6.07, 6.45) is 58.5. The lowest BCUT2D eigenvalue weighted by Crippen LogP contribution is -2.61. The summed E-state index contributed by atoms with van der Waals surface area (Å²) >= 11 is 0. The van der Waals surface area contributed by atoms with E-state index in [1.165, 1.54) is 0 Å². The molecule has 0 radical (unpaired) electrons. The molecule has 0 aromatic carbocycles. The van der Waals surface area contributed by atoms with Crippen molar-refractivity contribution in [1.29, 1.82) is 0 Å². The summed E-state index contributed by atoms with van der Waals surface area (Å²) in [6.45, 7) is 5.51. The molecule has 1 aliphatic rings. The van der Waals surface area contributed by atoms with Crippen molar-refractivity contribution < 1.29 is 58.2 Å². The van der Waals surface area contributed by atoms with Crippen molar-refractivity contribution in [3.63, 3.8) is 0 Å². The molecule has 6 atom stereocenters. The molecule has 418 valence electrons. The highest BCUT2D eigenvalue weighted by Crippen LogP contribution is 2.26. The van der Waals surface area contributed by atoms with E-state index in [-0.39, 0.29) is 25.9 Å². The number of hydrogen-bond donors (Lipinski definition) is 3. The van der Waals surface area contributed by atoms with E-state index < -0.39 is 67.3 Å². The van der Waals surface area contributed by atoms with Gasteiger partial charge in [0.1, 0.15) is 18.8 Å². The number of carboxylic acid groups (broad SMARTS) is 1. The van der Waals surface area contributed by atoms with Crippen molar-refractivity contribution in [2.45, 2.75) is 212 Å². The Morgan fingerprint density at radius 1 is 0.440 bits per heavy atom. The van der Waals surface area contributed by atoms with Crippen LogP contribution in [0.15, 0.2) is 146 Å². The van der Waals surface area contributed by atoms with Crippen LogP contribution in [0.3, 0.4) is 0 Å². The predicted molar refractivity (Wildman–Crippen MR) is 302 cm³/mol. The fraction of sp³-hybridized carbons (Fsp3) is 0.556. The SMILES string of the molecule is CC/C=C\C/C=C\C/C=C\C/C=C\C/C=C\CCCC(=O)OCC(COC1OC(C(=O)O)C(O)C(O)C1OC(=O)CC/C=C\C/C=C\C/C=C\C/C=C\CC)OC(=O)CCCCCCC/C=C\C/C=C\C/C=C\CC. The molecule has 1 rings (SSSR count). The van der Waals surface area contributed by atoms with E-state index in [2.05, 4.69) is 136 Å². The number of aliphatic carboxylic acids is 1. The van der Waals surface area contributed by atoms with Crippen LogP contribution in [0.2, 0.25) is 0 Å². The number of aliphatic hydroxyl groups excluding tert-OH is 2. The minimum atomic E-state index is -1.94. The number of unbranched alkanes of at least 4 members (excludes halogenated alkanes) is 6. The maximum Gasteiger partial charge on any atom is 0.335 e. The normalized spacial score (nSPS) is 19.3.